The molecule has 0 aliphatic heterocycles. The van der Waals surface area contributed by atoms with Crippen molar-refractivity contribution in [1.29, 1.82) is 0 Å². The van der Waals surface area contributed by atoms with Crippen LogP contribution in [0.3, 0.4) is 0 Å². The summed E-state index contributed by atoms with van der Waals surface area (Å²) in [6.45, 7) is 1.36. The van der Waals surface area contributed by atoms with Gasteiger partial charge in [-0.1, -0.05) is 29.8 Å². The van der Waals surface area contributed by atoms with Crippen LogP contribution < -0.4 is 16.0 Å². The van der Waals surface area contributed by atoms with Gasteiger partial charge in [0.25, 0.3) is 5.91 Å². The van der Waals surface area contributed by atoms with Crippen molar-refractivity contribution in [2.45, 2.75) is 13.0 Å². The van der Waals surface area contributed by atoms with Crippen LogP contribution in [0.4, 0.5) is 0 Å². The van der Waals surface area contributed by atoms with E-state index in [4.69, 9.17) is 11.6 Å². The average molecular weight is 360 g/mol. The van der Waals surface area contributed by atoms with Crippen LogP contribution in [-0.2, 0) is 13.0 Å². The molecular formula is C18H22ClN5O. The molecule has 0 unspecified atom stereocenters. The monoisotopic (exact) mass is 359 g/mol. The van der Waals surface area contributed by atoms with E-state index in [0.717, 1.165) is 30.1 Å². The molecule has 2 rings (SSSR count). The van der Waals surface area contributed by atoms with Crippen LogP contribution in [0, 0.1) is 0 Å². The molecule has 0 fully saturated rings. The van der Waals surface area contributed by atoms with E-state index in [1.807, 2.05) is 18.2 Å². The maximum atomic E-state index is 11.5. The van der Waals surface area contributed by atoms with Crippen molar-refractivity contribution in [3.05, 3.63) is 64.4 Å². The van der Waals surface area contributed by atoms with E-state index in [1.165, 1.54) is 0 Å². The minimum Gasteiger partial charge on any atom is -0.356 e. The van der Waals surface area contributed by atoms with Gasteiger partial charge < -0.3 is 16.0 Å². The third kappa shape index (κ3) is 6.08. The summed E-state index contributed by atoms with van der Waals surface area (Å²) in [6.07, 6.45) is 2.60. The first-order valence-corrected chi connectivity index (χ1v) is 8.36. The fraction of sp³-hybridized carbons (Fsp3) is 0.278. The molecule has 6 nitrogen and oxygen atoms in total. The van der Waals surface area contributed by atoms with Gasteiger partial charge in [-0.3, -0.25) is 9.79 Å². The second-order valence-electron chi connectivity index (χ2n) is 5.37. The average Bonchev–Trinajstić information content (AvgIpc) is 2.65. The van der Waals surface area contributed by atoms with Crippen molar-refractivity contribution in [3.8, 4) is 0 Å². The first-order chi connectivity index (χ1) is 12.1. The smallest absolute Gasteiger partial charge is 0.251 e. The van der Waals surface area contributed by atoms with Crippen molar-refractivity contribution in [3.63, 3.8) is 0 Å². The Labute approximate surface area is 152 Å². The summed E-state index contributed by atoms with van der Waals surface area (Å²) >= 11 is 5.78. The molecule has 0 aliphatic rings. The van der Waals surface area contributed by atoms with Gasteiger partial charge in [-0.05, 0) is 35.7 Å². The number of nitrogens with one attached hydrogen (secondary N) is 3. The molecule has 1 amide bonds. The van der Waals surface area contributed by atoms with E-state index in [1.54, 1.807) is 38.5 Å². The highest BCUT2D eigenvalue weighted by atomic mass is 35.5. The molecule has 1 aromatic carbocycles. The molecule has 0 saturated heterocycles. The Morgan fingerprint density at radius 1 is 1.12 bits per heavy atom. The molecule has 25 heavy (non-hydrogen) atoms. The molecule has 0 radical (unpaired) electrons. The van der Waals surface area contributed by atoms with Gasteiger partial charge in [0, 0.05) is 38.9 Å². The Morgan fingerprint density at radius 3 is 2.44 bits per heavy atom. The number of hydrogen-bond acceptors (Lipinski definition) is 3. The normalized spacial score (nSPS) is 11.1. The Hall–Kier alpha value is -2.60. The van der Waals surface area contributed by atoms with Crippen molar-refractivity contribution in [2.24, 2.45) is 4.99 Å². The number of carbonyl (C=O) groups excluding carboxylic acids is 1. The number of aromatic nitrogens is 1. The number of aliphatic imine (C=N–C) groups is 1. The Bertz CT molecular complexity index is 713. The zero-order chi connectivity index (χ0) is 18.1. The van der Waals surface area contributed by atoms with Crippen molar-refractivity contribution in [1.82, 2.24) is 20.9 Å². The standard InChI is InChI=1S/C18H22ClN5O/c1-20-17(25)15-6-3-13(4-7-15)12-24-18(21-2)22-10-9-14-5-8-16(19)23-11-14/h3-8,11H,9-10,12H2,1-2H3,(H,20,25)(H2,21,22,24). The van der Waals surface area contributed by atoms with E-state index in [0.29, 0.717) is 17.3 Å². The predicted molar refractivity (Wildman–Crippen MR) is 101 cm³/mol. The number of amides is 1. The van der Waals surface area contributed by atoms with Crippen LogP contribution in [0.2, 0.25) is 5.15 Å². The maximum Gasteiger partial charge on any atom is 0.251 e. The number of guanidine groups is 1. The molecule has 0 bridgehead atoms. The second-order valence-corrected chi connectivity index (χ2v) is 5.76. The van der Waals surface area contributed by atoms with Crippen molar-refractivity contribution >= 4 is 23.5 Å². The Balaban J connectivity index is 1.78. The summed E-state index contributed by atoms with van der Waals surface area (Å²) in [6, 6.07) is 11.2. The lowest BCUT2D eigenvalue weighted by molar-refractivity contribution is 0.0963. The minimum atomic E-state index is -0.0892. The Kier molecular flexibility index (Phi) is 7.22. The fourth-order valence-electron chi connectivity index (χ4n) is 2.20. The van der Waals surface area contributed by atoms with Crippen LogP contribution in [0.25, 0.3) is 0 Å². The van der Waals surface area contributed by atoms with Crippen LogP contribution in [0.15, 0.2) is 47.6 Å². The molecule has 3 N–H and O–H groups in total. The zero-order valence-electron chi connectivity index (χ0n) is 14.3. The SMILES string of the molecule is CN=C(NCCc1ccc(Cl)nc1)NCc1ccc(C(=O)NC)cc1. The highest BCUT2D eigenvalue weighted by Crippen LogP contribution is 2.06. The Morgan fingerprint density at radius 2 is 1.84 bits per heavy atom. The molecule has 1 aromatic heterocycles. The summed E-state index contributed by atoms with van der Waals surface area (Å²) in [5, 5.41) is 9.60. The number of rotatable bonds is 6. The number of pyridine rings is 1. The molecule has 7 heteroatoms. The summed E-state index contributed by atoms with van der Waals surface area (Å²) in [7, 11) is 3.35. The van der Waals surface area contributed by atoms with Crippen LogP contribution in [0.5, 0.6) is 0 Å². The van der Waals surface area contributed by atoms with Crippen LogP contribution in [-0.4, -0.2) is 37.5 Å². The van der Waals surface area contributed by atoms with E-state index in [9.17, 15) is 4.79 Å². The molecule has 0 aliphatic carbocycles. The van der Waals surface area contributed by atoms with Crippen LogP contribution >= 0.6 is 11.6 Å². The molecule has 132 valence electrons. The third-order valence-electron chi connectivity index (χ3n) is 3.62. The molecular weight excluding hydrogens is 338 g/mol. The first kappa shape index (κ1) is 18.7. The van der Waals surface area contributed by atoms with Gasteiger partial charge in [-0.15, -0.1) is 0 Å². The number of carbonyl (C=O) groups is 1. The lowest BCUT2D eigenvalue weighted by Gasteiger charge is -2.12. The second kappa shape index (κ2) is 9.64. The van der Waals surface area contributed by atoms with E-state index >= 15 is 0 Å². The van der Waals surface area contributed by atoms with Gasteiger partial charge in [0.15, 0.2) is 5.96 Å². The van der Waals surface area contributed by atoms with Gasteiger partial charge in [0.1, 0.15) is 5.15 Å². The van der Waals surface area contributed by atoms with Crippen LogP contribution in [0.1, 0.15) is 21.5 Å². The van der Waals surface area contributed by atoms with Gasteiger partial charge in [0.2, 0.25) is 0 Å². The molecule has 1 heterocycles. The van der Waals surface area contributed by atoms with E-state index in [2.05, 4.69) is 25.9 Å². The van der Waals surface area contributed by atoms with Gasteiger partial charge in [-0.25, -0.2) is 4.98 Å². The number of nitrogens with zero attached hydrogens (tertiary/aromatic N) is 2. The highest BCUT2D eigenvalue weighted by molar-refractivity contribution is 6.29. The van der Waals surface area contributed by atoms with E-state index < -0.39 is 0 Å². The van der Waals surface area contributed by atoms with Crippen molar-refractivity contribution in [2.75, 3.05) is 20.6 Å². The summed E-state index contributed by atoms with van der Waals surface area (Å²) < 4.78 is 0. The lowest BCUT2D eigenvalue weighted by atomic mass is 10.1. The van der Waals surface area contributed by atoms with Gasteiger partial charge >= 0.3 is 0 Å². The zero-order valence-corrected chi connectivity index (χ0v) is 15.1. The number of benzene rings is 1. The molecule has 2 aromatic rings. The predicted octanol–water partition coefficient (Wildman–Crippen LogP) is 2.00. The van der Waals surface area contributed by atoms with E-state index in [-0.39, 0.29) is 5.91 Å². The number of halogens is 1. The van der Waals surface area contributed by atoms with Gasteiger partial charge in [-0.2, -0.15) is 0 Å². The third-order valence-corrected chi connectivity index (χ3v) is 3.85. The summed E-state index contributed by atoms with van der Waals surface area (Å²) in [5.41, 5.74) is 2.82. The maximum absolute atomic E-state index is 11.5. The minimum absolute atomic E-state index is 0.0892. The highest BCUT2D eigenvalue weighted by Gasteiger charge is 2.03. The first-order valence-electron chi connectivity index (χ1n) is 7.98. The summed E-state index contributed by atoms with van der Waals surface area (Å²) in [4.78, 5) is 19.8. The topological polar surface area (TPSA) is 78.4 Å². The fourth-order valence-corrected chi connectivity index (χ4v) is 2.32. The molecule has 0 saturated carbocycles. The number of hydrogen-bond donors (Lipinski definition) is 3. The molecule has 0 spiro atoms. The summed E-state index contributed by atoms with van der Waals surface area (Å²) in [5.74, 6) is 0.631. The quantitative estimate of drug-likeness (QED) is 0.419. The van der Waals surface area contributed by atoms with Gasteiger partial charge in [0.05, 0.1) is 0 Å². The largest absolute Gasteiger partial charge is 0.356 e. The lowest BCUT2D eigenvalue weighted by Crippen LogP contribution is -2.37. The van der Waals surface area contributed by atoms with Crippen molar-refractivity contribution < 1.29 is 4.79 Å². The molecule has 0 atom stereocenters.